The molecule has 5 nitrogen and oxygen atoms in total. The fourth-order valence-corrected chi connectivity index (χ4v) is 5.24. The standard InChI is InChI=1S/C14H15F2N3O2S2/c1-19-13(10-5-6-23(20,21)8-10)17-18-14(19)22-7-9-3-2-4-11(15)12(9)16/h2-4,10H,5-8H2,1H3. The van der Waals surface area contributed by atoms with Gasteiger partial charge in [0.2, 0.25) is 0 Å². The smallest absolute Gasteiger partial charge is 0.191 e. The third kappa shape index (κ3) is 3.40. The summed E-state index contributed by atoms with van der Waals surface area (Å²) in [4.78, 5) is 0. The molecule has 2 aromatic rings. The molecule has 1 aromatic carbocycles. The second-order valence-electron chi connectivity index (χ2n) is 5.50. The molecule has 23 heavy (non-hydrogen) atoms. The van der Waals surface area contributed by atoms with Crippen molar-refractivity contribution in [3.05, 3.63) is 41.2 Å². The molecule has 9 heteroatoms. The van der Waals surface area contributed by atoms with E-state index in [0.29, 0.717) is 17.4 Å². The van der Waals surface area contributed by atoms with Gasteiger partial charge in [-0.05, 0) is 12.5 Å². The van der Waals surface area contributed by atoms with Gasteiger partial charge in [0.15, 0.2) is 26.6 Å². The van der Waals surface area contributed by atoms with Crippen molar-refractivity contribution in [2.24, 2.45) is 7.05 Å². The second kappa shape index (κ2) is 6.20. The molecule has 0 radical (unpaired) electrons. The van der Waals surface area contributed by atoms with E-state index in [-0.39, 0.29) is 28.7 Å². The average Bonchev–Trinajstić information content (AvgIpc) is 3.03. The summed E-state index contributed by atoms with van der Waals surface area (Å²) in [5, 5.41) is 8.66. The highest BCUT2D eigenvalue weighted by molar-refractivity contribution is 7.98. The fourth-order valence-electron chi connectivity index (χ4n) is 2.61. The lowest BCUT2D eigenvalue weighted by atomic mass is 10.1. The van der Waals surface area contributed by atoms with Crippen LogP contribution in [0.25, 0.3) is 0 Å². The molecular formula is C14H15F2N3O2S2. The zero-order valence-electron chi connectivity index (χ0n) is 12.4. The minimum absolute atomic E-state index is 0.0855. The Bertz CT molecular complexity index is 837. The van der Waals surface area contributed by atoms with Crippen LogP contribution in [0.15, 0.2) is 23.4 Å². The Hall–Kier alpha value is -1.48. The SMILES string of the molecule is Cn1c(SCc2cccc(F)c2F)nnc1C1CCS(=O)(=O)C1. The highest BCUT2D eigenvalue weighted by Gasteiger charge is 2.32. The van der Waals surface area contributed by atoms with Crippen molar-refractivity contribution >= 4 is 21.6 Å². The molecule has 1 saturated heterocycles. The van der Waals surface area contributed by atoms with E-state index in [4.69, 9.17) is 0 Å². The molecule has 2 heterocycles. The van der Waals surface area contributed by atoms with Crippen molar-refractivity contribution in [2.45, 2.75) is 23.2 Å². The van der Waals surface area contributed by atoms with Gasteiger partial charge < -0.3 is 4.57 Å². The second-order valence-corrected chi connectivity index (χ2v) is 8.67. The van der Waals surface area contributed by atoms with Gasteiger partial charge in [0.05, 0.1) is 11.5 Å². The molecule has 1 aromatic heterocycles. The molecular weight excluding hydrogens is 344 g/mol. The summed E-state index contributed by atoms with van der Waals surface area (Å²) in [6.45, 7) is 0. The lowest BCUT2D eigenvalue weighted by molar-refractivity contribution is 0.502. The molecule has 124 valence electrons. The quantitative estimate of drug-likeness (QED) is 0.784. The van der Waals surface area contributed by atoms with Crippen LogP contribution in [0.3, 0.4) is 0 Å². The molecule has 0 saturated carbocycles. The first-order valence-electron chi connectivity index (χ1n) is 7.03. The summed E-state index contributed by atoms with van der Waals surface area (Å²) < 4.78 is 51.7. The molecule has 1 atom stereocenters. The van der Waals surface area contributed by atoms with Crippen LogP contribution in [0.2, 0.25) is 0 Å². The van der Waals surface area contributed by atoms with Crippen molar-refractivity contribution in [3.63, 3.8) is 0 Å². The molecule has 0 bridgehead atoms. The number of benzene rings is 1. The summed E-state index contributed by atoms with van der Waals surface area (Å²) in [6.07, 6.45) is 0.539. The molecule has 0 N–H and O–H groups in total. The van der Waals surface area contributed by atoms with E-state index < -0.39 is 21.5 Å². The van der Waals surface area contributed by atoms with Gasteiger partial charge in [-0.25, -0.2) is 17.2 Å². The van der Waals surface area contributed by atoms with Gasteiger partial charge in [-0.1, -0.05) is 23.9 Å². The minimum atomic E-state index is -3.00. The number of nitrogens with zero attached hydrogens (tertiary/aromatic N) is 3. The summed E-state index contributed by atoms with van der Waals surface area (Å²) in [6, 6.07) is 4.05. The maximum atomic E-state index is 13.6. The van der Waals surface area contributed by atoms with E-state index in [9.17, 15) is 17.2 Å². The Morgan fingerprint density at radius 1 is 1.35 bits per heavy atom. The van der Waals surface area contributed by atoms with E-state index in [2.05, 4.69) is 10.2 Å². The van der Waals surface area contributed by atoms with Crippen LogP contribution in [-0.2, 0) is 22.6 Å². The number of rotatable bonds is 4. The third-order valence-corrected chi connectivity index (χ3v) is 6.69. The van der Waals surface area contributed by atoms with E-state index in [0.717, 1.165) is 6.07 Å². The van der Waals surface area contributed by atoms with Gasteiger partial charge in [-0.3, -0.25) is 0 Å². The van der Waals surface area contributed by atoms with E-state index in [1.54, 1.807) is 11.6 Å². The monoisotopic (exact) mass is 359 g/mol. The molecule has 1 fully saturated rings. The van der Waals surface area contributed by atoms with Crippen LogP contribution >= 0.6 is 11.8 Å². The largest absolute Gasteiger partial charge is 0.309 e. The maximum absolute atomic E-state index is 13.6. The van der Waals surface area contributed by atoms with Crippen molar-refractivity contribution in [3.8, 4) is 0 Å². The summed E-state index contributed by atoms with van der Waals surface area (Å²) >= 11 is 1.24. The van der Waals surface area contributed by atoms with Gasteiger partial charge in [-0.2, -0.15) is 0 Å². The van der Waals surface area contributed by atoms with Gasteiger partial charge in [0.25, 0.3) is 0 Å². The third-order valence-electron chi connectivity index (χ3n) is 3.85. The van der Waals surface area contributed by atoms with E-state index >= 15 is 0 Å². The van der Waals surface area contributed by atoms with Crippen LogP contribution < -0.4 is 0 Å². The van der Waals surface area contributed by atoms with Crippen LogP contribution in [0, 0.1) is 11.6 Å². The number of aromatic nitrogens is 3. The predicted octanol–water partition coefficient (Wildman–Crippen LogP) is 2.29. The summed E-state index contributed by atoms with van der Waals surface area (Å²) in [5.41, 5.74) is 0.253. The van der Waals surface area contributed by atoms with Crippen LogP contribution in [0.4, 0.5) is 8.78 Å². The van der Waals surface area contributed by atoms with Gasteiger partial charge in [-0.15, -0.1) is 10.2 Å². The molecule has 0 aliphatic carbocycles. The Morgan fingerprint density at radius 2 is 2.13 bits per heavy atom. The molecule has 1 aliphatic heterocycles. The fraction of sp³-hybridized carbons (Fsp3) is 0.429. The zero-order chi connectivity index (χ0) is 16.6. The van der Waals surface area contributed by atoms with Gasteiger partial charge >= 0.3 is 0 Å². The average molecular weight is 359 g/mol. The Kier molecular flexibility index (Phi) is 4.41. The number of halogens is 2. The normalized spacial score (nSPS) is 20.0. The van der Waals surface area contributed by atoms with Crippen LogP contribution in [-0.4, -0.2) is 34.7 Å². The molecule has 3 rings (SSSR count). The van der Waals surface area contributed by atoms with Crippen molar-refractivity contribution < 1.29 is 17.2 Å². The van der Waals surface area contributed by atoms with E-state index in [1.165, 1.54) is 23.9 Å². The van der Waals surface area contributed by atoms with Crippen molar-refractivity contribution in [1.82, 2.24) is 14.8 Å². The first-order chi connectivity index (χ1) is 10.9. The highest BCUT2D eigenvalue weighted by atomic mass is 32.2. The summed E-state index contributed by atoms with van der Waals surface area (Å²) in [5.74, 6) is -0.796. The first-order valence-corrected chi connectivity index (χ1v) is 9.83. The van der Waals surface area contributed by atoms with Crippen LogP contribution in [0.1, 0.15) is 23.7 Å². The number of thioether (sulfide) groups is 1. The number of sulfone groups is 1. The Labute approximate surface area is 137 Å². The predicted molar refractivity (Wildman–Crippen MR) is 82.9 cm³/mol. The zero-order valence-corrected chi connectivity index (χ0v) is 14.0. The lowest BCUT2D eigenvalue weighted by Crippen LogP contribution is -2.09. The highest BCUT2D eigenvalue weighted by Crippen LogP contribution is 2.30. The van der Waals surface area contributed by atoms with Gasteiger partial charge in [0, 0.05) is 24.3 Å². The molecule has 0 spiro atoms. The first kappa shape index (κ1) is 16.4. The summed E-state index contributed by atoms with van der Waals surface area (Å²) in [7, 11) is -1.24. The maximum Gasteiger partial charge on any atom is 0.191 e. The molecule has 0 amide bonds. The molecule has 1 aliphatic rings. The Morgan fingerprint density at radius 3 is 2.83 bits per heavy atom. The van der Waals surface area contributed by atoms with Gasteiger partial charge in [0.1, 0.15) is 5.82 Å². The van der Waals surface area contributed by atoms with E-state index in [1.807, 2.05) is 0 Å². The van der Waals surface area contributed by atoms with Crippen LogP contribution in [0.5, 0.6) is 0 Å². The number of hydrogen-bond acceptors (Lipinski definition) is 5. The molecule has 1 unspecified atom stereocenters. The minimum Gasteiger partial charge on any atom is -0.309 e. The van der Waals surface area contributed by atoms with Crippen molar-refractivity contribution in [1.29, 1.82) is 0 Å². The Balaban J connectivity index is 1.74. The lowest BCUT2D eigenvalue weighted by Gasteiger charge is -2.08. The van der Waals surface area contributed by atoms with Crippen molar-refractivity contribution in [2.75, 3.05) is 11.5 Å². The number of hydrogen-bond donors (Lipinski definition) is 0. The topological polar surface area (TPSA) is 64.8 Å².